The van der Waals surface area contributed by atoms with Gasteiger partial charge in [0.15, 0.2) is 0 Å². The number of aromatic nitrogens is 3. The molecular weight excluding hydrogens is 250 g/mol. The van der Waals surface area contributed by atoms with Crippen molar-refractivity contribution in [2.75, 3.05) is 25.4 Å². The summed E-state index contributed by atoms with van der Waals surface area (Å²) in [7, 11) is 0. The Morgan fingerprint density at radius 2 is 2.25 bits per heavy atom. The topological polar surface area (TPSA) is 60.0 Å². The first-order valence-corrected chi connectivity index (χ1v) is 7.20. The summed E-state index contributed by atoms with van der Waals surface area (Å²) in [6, 6.07) is 3.84. The van der Waals surface area contributed by atoms with Gasteiger partial charge in [-0.3, -0.25) is 0 Å². The fraction of sp³-hybridized carbons (Fsp3) is 0.467. The summed E-state index contributed by atoms with van der Waals surface area (Å²) in [4.78, 5) is 11.0. The van der Waals surface area contributed by atoms with Crippen molar-refractivity contribution >= 4 is 5.82 Å². The van der Waals surface area contributed by atoms with Crippen LogP contribution in [0, 0.1) is 5.92 Å². The second-order valence-corrected chi connectivity index (χ2v) is 5.45. The molecule has 0 saturated carbocycles. The van der Waals surface area contributed by atoms with Crippen LogP contribution in [0.1, 0.15) is 13.3 Å². The number of hydrogen-bond donors (Lipinski definition) is 1. The van der Waals surface area contributed by atoms with E-state index in [2.05, 4.69) is 26.4 Å². The van der Waals surface area contributed by atoms with E-state index in [0.717, 1.165) is 24.3 Å². The first-order chi connectivity index (χ1) is 9.76. The second-order valence-electron chi connectivity index (χ2n) is 5.45. The second kappa shape index (κ2) is 5.63. The van der Waals surface area contributed by atoms with Gasteiger partial charge in [0.2, 0.25) is 0 Å². The Balaban J connectivity index is 1.75. The van der Waals surface area contributed by atoms with Gasteiger partial charge >= 0.3 is 0 Å². The highest BCUT2D eigenvalue weighted by Gasteiger charge is 2.22. The van der Waals surface area contributed by atoms with Crippen LogP contribution in [0.2, 0.25) is 0 Å². The number of imidazole rings is 1. The molecule has 1 unspecified atom stereocenters. The molecule has 1 saturated heterocycles. The van der Waals surface area contributed by atoms with Crippen LogP contribution in [0.25, 0.3) is 11.3 Å². The van der Waals surface area contributed by atoms with Crippen LogP contribution in [0.15, 0.2) is 30.9 Å². The van der Waals surface area contributed by atoms with Crippen molar-refractivity contribution in [3.63, 3.8) is 0 Å². The summed E-state index contributed by atoms with van der Waals surface area (Å²) in [5.74, 6) is 1.26. The van der Waals surface area contributed by atoms with E-state index in [-0.39, 0.29) is 0 Å². The quantitative estimate of drug-likeness (QED) is 0.922. The smallest absolute Gasteiger partial charge is 0.123 e. The Hall–Kier alpha value is -1.88. The lowest BCUT2D eigenvalue weighted by atomic mass is 10.1. The maximum atomic E-state index is 5.64. The van der Waals surface area contributed by atoms with Crippen LogP contribution >= 0.6 is 0 Å². The van der Waals surface area contributed by atoms with Gasteiger partial charge < -0.3 is 15.2 Å². The molecule has 0 amide bonds. The molecule has 5 heteroatoms. The minimum Gasteiger partial charge on any atom is -0.384 e. The number of rotatable bonds is 4. The number of nitrogen functional groups attached to an aromatic ring is 1. The van der Waals surface area contributed by atoms with Gasteiger partial charge in [-0.15, -0.1) is 0 Å². The minimum absolute atomic E-state index is 0.550. The average Bonchev–Trinajstić information content (AvgIpc) is 3.09. The third-order valence-electron chi connectivity index (χ3n) is 4.07. The summed E-state index contributed by atoms with van der Waals surface area (Å²) < 4.78 is 2.23. The maximum absolute atomic E-state index is 5.64. The molecule has 1 aliphatic rings. The lowest BCUT2D eigenvalue weighted by Crippen LogP contribution is -2.21. The Morgan fingerprint density at radius 1 is 1.35 bits per heavy atom. The molecule has 3 rings (SSSR count). The van der Waals surface area contributed by atoms with Crippen LogP contribution in [-0.4, -0.2) is 39.1 Å². The largest absolute Gasteiger partial charge is 0.384 e. The van der Waals surface area contributed by atoms with Crippen molar-refractivity contribution in [1.29, 1.82) is 0 Å². The fourth-order valence-electron chi connectivity index (χ4n) is 2.89. The zero-order chi connectivity index (χ0) is 13.9. The molecular formula is C15H21N5. The predicted molar refractivity (Wildman–Crippen MR) is 80.1 cm³/mol. The SMILES string of the molecule is CCN1CCC(Cn2cncc2-c2ccc(N)nc2)C1. The van der Waals surface area contributed by atoms with Crippen LogP contribution < -0.4 is 5.73 Å². The molecule has 1 atom stereocenters. The average molecular weight is 271 g/mol. The highest BCUT2D eigenvalue weighted by molar-refractivity contribution is 5.59. The highest BCUT2D eigenvalue weighted by Crippen LogP contribution is 2.23. The number of nitrogens with two attached hydrogens (primary N) is 1. The molecule has 0 radical (unpaired) electrons. The van der Waals surface area contributed by atoms with E-state index in [9.17, 15) is 0 Å². The number of likely N-dealkylation sites (tertiary alicyclic amines) is 1. The van der Waals surface area contributed by atoms with E-state index in [1.54, 1.807) is 0 Å². The lowest BCUT2D eigenvalue weighted by molar-refractivity contribution is 0.333. The number of pyridine rings is 1. The van der Waals surface area contributed by atoms with Gasteiger partial charge in [0, 0.05) is 24.8 Å². The molecule has 1 aliphatic heterocycles. The first-order valence-electron chi connectivity index (χ1n) is 7.20. The Labute approximate surface area is 119 Å². The molecule has 5 nitrogen and oxygen atoms in total. The van der Waals surface area contributed by atoms with Crippen molar-refractivity contribution in [1.82, 2.24) is 19.4 Å². The summed E-state index contributed by atoms with van der Waals surface area (Å²) in [5, 5.41) is 0. The summed E-state index contributed by atoms with van der Waals surface area (Å²) in [5.41, 5.74) is 7.83. The van der Waals surface area contributed by atoms with E-state index in [4.69, 9.17) is 5.73 Å². The standard InChI is InChI=1S/C15H21N5/c1-2-19-6-5-12(9-19)10-20-11-17-8-14(20)13-3-4-15(16)18-7-13/h3-4,7-8,11-12H,2,5-6,9-10H2,1H3,(H2,16,18). The Bertz CT molecular complexity index is 560. The molecule has 2 aromatic heterocycles. The first kappa shape index (κ1) is 13.1. The van der Waals surface area contributed by atoms with Crippen molar-refractivity contribution in [3.8, 4) is 11.3 Å². The van der Waals surface area contributed by atoms with Gasteiger partial charge in [0.25, 0.3) is 0 Å². The zero-order valence-corrected chi connectivity index (χ0v) is 11.9. The van der Waals surface area contributed by atoms with E-state index in [0.29, 0.717) is 11.7 Å². The molecule has 2 N–H and O–H groups in total. The number of nitrogens with zero attached hydrogens (tertiary/aromatic N) is 4. The third-order valence-corrected chi connectivity index (χ3v) is 4.07. The molecule has 1 fully saturated rings. The third kappa shape index (κ3) is 2.67. The molecule has 0 aliphatic carbocycles. The normalized spacial score (nSPS) is 19.6. The number of anilines is 1. The van der Waals surface area contributed by atoms with Gasteiger partial charge in [0.1, 0.15) is 5.82 Å². The van der Waals surface area contributed by atoms with Crippen LogP contribution in [0.4, 0.5) is 5.82 Å². The number of hydrogen-bond acceptors (Lipinski definition) is 4. The van der Waals surface area contributed by atoms with Crippen LogP contribution in [0.5, 0.6) is 0 Å². The summed E-state index contributed by atoms with van der Waals surface area (Å²) >= 11 is 0. The maximum Gasteiger partial charge on any atom is 0.123 e. The fourth-order valence-corrected chi connectivity index (χ4v) is 2.89. The van der Waals surface area contributed by atoms with E-state index < -0.39 is 0 Å². The van der Waals surface area contributed by atoms with Crippen molar-refractivity contribution in [2.24, 2.45) is 5.92 Å². The molecule has 0 aromatic carbocycles. The summed E-state index contributed by atoms with van der Waals surface area (Å²) in [6.45, 7) is 6.80. The van der Waals surface area contributed by atoms with E-state index in [1.807, 2.05) is 30.9 Å². The van der Waals surface area contributed by atoms with Crippen LogP contribution in [0.3, 0.4) is 0 Å². The minimum atomic E-state index is 0.550. The van der Waals surface area contributed by atoms with Gasteiger partial charge in [-0.1, -0.05) is 6.92 Å². The molecule has 0 bridgehead atoms. The molecule has 3 heterocycles. The summed E-state index contributed by atoms with van der Waals surface area (Å²) in [6.07, 6.45) is 6.90. The molecule has 0 spiro atoms. The Kier molecular flexibility index (Phi) is 3.69. The van der Waals surface area contributed by atoms with Crippen molar-refractivity contribution in [2.45, 2.75) is 19.9 Å². The lowest BCUT2D eigenvalue weighted by Gasteiger charge is -2.15. The van der Waals surface area contributed by atoms with Gasteiger partial charge in [-0.25, -0.2) is 9.97 Å². The van der Waals surface area contributed by atoms with Crippen molar-refractivity contribution in [3.05, 3.63) is 30.9 Å². The van der Waals surface area contributed by atoms with Crippen molar-refractivity contribution < 1.29 is 0 Å². The van der Waals surface area contributed by atoms with E-state index >= 15 is 0 Å². The van der Waals surface area contributed by atoms with Gasteiger partial charge in [0.05, 0.1) is 18.2 Å². The highest BCUT2D eigenvalue weighted by atomic mass is 15.2. The van der Waals surface area contributed by atoms with Crippen LogP contribution in [-0.2, 0) is 6.54 Å². The van der Waals surface area contributed by atoms with Gasteiger partial charge in [-0.05, 0) is 37.6 Å². The predicted octanol–water partition coefficient (Wildman–Crippen LogP) is 1.87. The zero-order valence-electron chi connectivity index (χ0n) is 11.9. The molecule has 106 valence electrons. The van der Waals surface area contributed by atoms with E-state index in [1.165, 1.54) is 19.5 Å². The molecule has 2 aromatic rings. The molecule has 20 heavy (non-hydrogen) atoms. The Morgan fingerprint density at radius 3 is 2.95 bits per heavy atom. The monoisotopic (exact) mass is 271 g/mol. The van der Waals surface area contributed by atoms with Gasteiger partial charge in [-0.2, -0.15) is 0 Å².